The Bertz CT molecular complexity index is 491. The van der Waals surface area contributed by atoms with Crippen LogP contribution in [0.4, 0.5) is 0 Å². The molecule has 6 nitrogen and oxygen atoms in total. The first-order chi connectivity index (χ1) is 9.67. The molecular weight excluding hydrogens is 256 g/mol. The van der Waals surface area contributed by atoms with E-state index in [0.29, 0.717) is 25.3 Å². The number of carboxylic acids is 1. The van der Waals surface area contributed by atoms with Crippen LogP contribution in [-0.4, -0.2) is 50.4 Å². The molecule has 0 aliphatic carbocycles. The number of carboxylic acid groups (broad SMARTS) is 1. The Labute approximate surface area is 118 Å². The Hall–Kier alpha value is -1.43. The maximum atomic E-state index is 11.1. The molecule has 0 aromatic carbocycles. The third-order valence-electron chi connectivity index (χ3n) is 4.63. The van der Waals surface area contributed by atoms with E-state index < -0.39 is 5.97 Å². The van der Waals surface area contributed by atoms with E-state index in [0.717, 1.165) is 44.1 Å². The van der Waals surface area contributed by atoms with Crippen LogP contribution in [0.5, 0.6) is 0 Å². The lowest BCUT2D eigenvalue weighted by molar-refractivity contribution is -0.142. The number of aryl methyl sites for hydroxylation is 1. The van der Waals surface area contributed by atoms with Crippen LogP contribution in [0.2, 0.25) is 0 Å². The normalized spacial score (nSPS) is 24.6. The second-order valence-electron chi connectivity index (χ2n) is 5.85. The zero-order valence-corrected chi connectivity index (χ0v) is 12.0. The highest BCUT2D eigenvalue weighted by atomic mass is 16.4. The van der Waals surface area contributed by atoms with E-state index >= 15 is 0 Å². The standard InChI is InChI=1S/C14H22N4O2/c1-2-17-6-3-10(4-7-17)13-15-12-9-11(14(19)20)5-8-18(12)16-13/h10-11H,2-9H2,1H3,(H,19,20). The fourth-order valence-corrected chi connectivity index (χ4v) is 3.22. The molecule has 1 atom stereocenters. The first-order valence-corrected chi connectivity index (χ1v) is 7.56. The number of likely N-dealkylation sites (tertiary alicyclic amines) is 1. The third kappa shape index (κ3) is 2.57. The fourth-order valence-electron chi connectivity index (χ4n) is 3.22. The second-order valence-corrected chi connectivity index (χ2v) is 5.85. The van der Waals surface area contributed by atoms with Gasteiger partial charge in [-0.2, -0.15) is 5.10 Å². The Morgan fingerprint density at radius 2 is 2.05 bits per heavy atom. The molecule has 3 heterocycles. The van der Waals surface area contributed by atoms with Crippen molar-refractivity contribution in [1.82, 2.24) is 19.7 Å². The smallest absolute Gasteiger partial charge is 0.307 e. The Morgan fingerprint density at radius 1 is 1.30 bits per heavy atom. The Balaban J connectivity index is 1.70. The van der Waals surface area contributed by atoms with E-state index in [1.165, 1.54) is 0 Å². The number of hydrogen-bond acceptors (Lipinski definition) is 4. The molecule has 0 radical (unpaired) electrons. The number of piperidine rings is 1. The molecular formula is C14H22N4O2. The second kappa shape index (κ2) is 5.52. The largest absolute Gasteiger partial charge is 0.481 e. The molecule has 1 saturated heterocycles. The maximum Gasteiger partial charge on any atom is 0.307 e. The number of carbonyl (C=O) groups is 1. The van der Waals surface area contributed by atoms with Gasteiger partial charge >= 0.3 is 5.97 Å². The molecule has 1 N–H and O–H groups in total. The van der Waals surface area contributed by atoms with Crippen LogP contribution < -0.4 is 0 Å². The highest BCUT2D eigenvalue weighted by Crippen LogP contribution is 2.27. The summed E-state index contributed by atoms with van der Waals surface area (Å²) in [5.74, 6) is 1.23. The molecule has 2 aliphatic heterocycles. The van der Waals surface area contributed by atoms with Crippen molar-refractivity contribution in [3.8, 4) is 0 Å². The zero-order chi connectivity index (χ0) is 14.1. The van der Waals surface area contributed by atoms with Crippen molar-refractivity contribution in [3.05, 3.63) is 11.6 Å². The maximum absolute atomic E-state index is 11.1. The van der Waals surface area contributed by atoms with Gasteiger partial charge in [0.25, 0.3) is 0 Å². The van der Waals surface area contributed by atoms with E-state index in [1.807, 2.05) is 4.68 Å². The average Bonchev–Trinajstić information content (AvgIpc) is 2.90. The van der Waals surface area contributed by atoms with Crippen LogP contribution in [-0.2, 0) is 17.8 Å². The van der Waals surface area contributed by atoms with Gasteiger partial charge in [0.05, 0.1) is 5.92 Å². The molecule has 0 saturated carbocycles. The molecule has 1 fully saturated rings. The Morgan fingerprint density at radius 3 is 2.70 bits per heavy atom. The summed E-state index contributed by atoms with van der Waals surface area (Å²) < 4.78 is 1.92. The van der Waals surface area contributed by atoms with Crippen LogP contribution in [0, 0.1) is 5.92 Å². The number of aromatic nitrogens is 3. The molecule has 6 heteroatoms. The number of rotatable bonds is 3. The van der Waals surface area contributed by atoms with E-state index in [1.54, 1.807) is 0 Å². The fraction of sp³-hybridized carbons (Fsp3) is 0.786. The van der Waals surface area contributed by atoms with E-state index in [9.17, 15) is 4.79 Å². The van der Waals surface area contributed by atoms with Crippen molar-refractivity contribution in [1.29, 1.82) is 0 Å². The summed E-state index contributed by atoms with van der Waals surface area (Å²) in [7, 11) is 0. The van der Waals surface area contributed by atoms with E-state index in [-0.39, 0.29) is 5.92 Å². The zero-order valence-electron chi connectivity index (χ0n) is 12.0. The highest BCUT2D eigenvalue weighted by Gasteiger charge is 2.29. The molecule has 20 heavy (non-hydrogen) atoms. The number of aliphatic carboxylic acids is 1. The van der Waals surface area contributed by atoms with Gasteiger partial charge in [-0.15, -0.1) is 0 Å². The first kappa shape index (κ1) is 13.5. The van der Waals surface area contributed by atoms with Gasteiger partial charge in [0.2, 0.25) is 0 Å². The minimum atomic E-state index is -0.711. The molecule has 1 aromatic heterocycles. The van der Waals surface area contributed by atoms with Crippen LogP contribution in [0.15, 0.2) is 0 Å². The quantitative estimate of drug-likeness (QED) is 0.897. The SMILES string of the molecule is CCN1CCC(c2nc3n(n2)CCC(C(=O)O)C3)CC1. The molecule has 0 amide bonds. The predicted octanol–water partition coefficient (Wildman–Crippen LogP) is 1.12. The number of hydrogen-bond donors (Lipinski definition) is 1. The van der Waals surface area contributed by atoms with Gasteiger partial charge in [-0.25, -0.2) is 9.67 Å². The average molecular weight is 278 g/mol. The van der Waals surface area contributed by atoms with Gasteiger partial charge in [0, 0.05) is 18.9 Å². The lowest BCUT2D eigenvalue weighted by Gasteiger charge is -2.29. The number of fused-ring (bicyclic) bond motifs is 1. The van der Waals surface area contributed by atoms with Gasteiger partial charge in [0.15, 0.2) is 5.82 Å². The molecule has 110 valence electrons. The van der Waals surface area contributed by atoms with Gasteiger partial charge in [-0.3, -0.25) is 4.79 Å². The molecule has 3 rings (SSSR count). The van der Waals surface area contributed by atoms with Crippen LogP contribution in [0.3, 0.4) is 0 Å². The van der Waals surface area contributed by atoms with Gasteiger partial charge in [0.1, 0.15) is 5.82 Å². The van der Waals surface area contributed by atoms with Crippen molar-refractivity contribution >= 4 is 5.97 Å². The van der Waals surface area contributed by atoms with E-state index in [2.05, 4.69) is 21.9 Å². The molecule has 0 bridgehead atoms. The summed E-state index contributed by atoms with van der Waals surface area (Å²) in [5, 5.41) is 13.7. The van der Waals surface area contributed by atoms with Crippen molar-refractivity contribution in [2.45, 2.75) is 45.1 Å². The Kier molecular flexibility index (Phi) is 3.74. The minimum Gasteiger partial charge on any atom is -0.481 e. The highest BCUT2D eigenvalue weighted by molar-refractivity contribution is 5.70. The van der Waals surface area contributed by atoms with Gasteiger partial charge < -0.3 is 10.0 Å². The summed E-state index contributed by atoms with van der Waals surface area (Å²) in [6.07, 6.45) is 3.41. The first-order valence-electron chi connectivity index (χ1n) is 7.56. The topological polar surface area (TPSA) is 71.2 Å². The lowest BCUT2D eigenvalue weighted by atomic mass is 9.96. The third-order valence-corrected chi connectivity index (χ3v) is 4.63. The van der Waals surface area contributed by atoms with Crippen molar-refractivity contribution < 1.29 is 9.90 Å². The van der Waals surface area contributed by atoms with Crippen LogP contribution in [0.25, 0.3) is 0 Å². The number of nitrogens with zero attached hydrogens (tertiary/aromatic N) is 4. The van der Waals surface area contributed by atoms with Crippen LogP contribution >= 0.6 is 0 Å². The molecule has 0 spiro atoms. The monoisotopic (exact) mass is 278 g/mol. The molecule has 1 aromatic rings. The van der Waals surface area contributed by atoms with Crippen molar-refractivity contribution in [3.63, 3.8) is 0 Å². The minimum absolute atomic E-state index is 0.290. The van der Waals surface area contributed by atoms with Gasteiger partial charge in [-0.05, 0) is 38.9 Å². The van der Waals surface area contributed by atoms with Crippen molar-refractivity contribution in [2.75, 3.05) is 19.6 Å². The summed E-state index contributed by atoms with van der Waals surface area (Å²) in [5.41, 5.74) is 0. The molecule has 2 aliphatic rings. The van der Waals surface area contributed by atoms with E-state index in [4.69, 9.17) is 5.11 Å². The lowest BCUT2D eigenvalue weighted by Crippen LogP contribution is -2.32. The summed E-state index contributed by atoms with van der Waals surface area (Å²) >= 11 is 0. The van der Waals surface area contributed by atoms with Crippen molar-refractivity contribution in [2.24, 2.45) is 5.92 Å². The predicted molar refractivity (Wildman–Crippen MR) is 73.6 cm³/mol. The summed E-state index contributed by atoms with van der Waals surface area (Å²) in [6, 6.07) is 0. The van der Waals surface area contributed by atoms with Gasteiger partial charge in [-0.1, -0.05) is 6.92 Å². The summed E-state index contributed by atoms with van der Waals surface area (Å²) in [6.45, 7) is 6.22. The van der Waals surface area contributed by atoms with Crippen LogP contribution in [0.1, 0.15) is 43.8 Å². The summed E-state index contributed by atoms with van der Waals surface area (Å²) in [4.78, 5) is 18.2. The molecule has 1 unspecified atom stereocenters.